The Labute approximate surface area is 103 Å². The molecule has 0 unspecified atom stereocenters. The zero-order chi connectivity index (χ0) is 12.5. The largest absolute Gasteiger partial charge is 0.322 e. The molecule has 1 aromatic carbocycles. The zero-order valence-corrected chi connectivity index (χ0v) is 11.1. The second-order valence-electron chi connectivity index (χ2n) is 5.30. The molecular formula is C14H21N3. The first-order valence-electron chi connectivity index (χ1n) is 6.21. The fraction of sp³-hybridized carbons (Fsp3) is 0.500. The number of aromatic nitrogens is 2. The Kier molecular flexibility index (Phi) is 3.20. The molecule has 0 aliphatic carbocycles. The topological polar surface area (TPSA) is 29.9 Å². The van der Waals surface area contributed by atoms with Crippen LogP contribution in [0.5, 0.6) is 0 Å². The van der Waals surface area contributed by atoms with Crippen LogP contribution in [0.4, 0.5) is 0 Å². The van der Waals surface area contributed by atoms with Gasteiger partial charge in [-0.3, -0.25) is 0 Å². The molecule has 3 heteroatoms. The summed E-state index contributed by atoms with van der Waals surface area (Å²) < 4.78 is 2.32. The standard InChI is InChI=1S/C14H21N3/c1-5-15-10-13-16-11-8-6-7-9-12(11)17(13)14(2,3)4/h6-9,15H,5,10H2,1-4H3. The minimum Gasteiger partial charge on any atom is -0.322 e. The normalized spacial score (nSPS) is 12.2. The van der Waals surface area contributed by atoms with E-state index in [0.29, 0.717) is 0 Å². The van der Waals surface area contributed by atoms with Crippen LogP contribution >= 0.6 is 0 Å². The van der Waals surface area contributed by atoms with Crippen LogP contribution in [0, 0.1) is 0 Å². The summed E-state index contributed by atoms with van der Waals surface area (Å²) in [4.78, 5) is 4.72. The molecule has 1 aromatic heterocycles. The van der Waals surface area contributed by atoms with Gasteiger partial charge in [0, 0.05) is 5.54 Å². The van der Waals surface area contributed by atoms with Crippen molar-refractivity contribution in [3.8, 4) is 0 Å². The summed E-state index contributed by atoms with van der Waals surface area (Å²) in [6, 6.07) is 8.33. The molecule has 0 atom stereocenters. The maximum absolute atomic E-state index is 4.72. The van der Waals surface area contributed by atoms with Crippen molar-refractivity contribution in [2.45, 2.75) is 39.8 Å². The summed E-state index contributed by atoms with van der Waals surface area (Å²) in [6.45, 7) is 10.6. The first-order valence-corrected chi connectivity index (χ1v) is 6.21. The maximum Gasteiger partial charge on any atom is 0.124 e. The lowest BCUT2D eigenvalue weighted by Crippen LogP contribution is -2.26. The number of hydrogen-bond donors (Lipinski definition) is 1. The number of para-hydroxylation sites is 2. The monoisotopic (exact) mass is 231 g/mol. The van der Waals surface area contributed by atoms with Crippen LogP contribution in [0.3, 0.4) is 0 Å². The van der Waals surface area contributed by atoms with Gasteiger partial charge in [-0.1, -0.05) is 19.1 Å². The lowest BCUT2D eigenvalue weighted by Gasteiger charge is -2.24. The fourth-order valence-corrected chi connectivity index (χ4v) is 2.18. The third-order valence-corrected chi connectivity index (χ3v) is 2.83. The van der Waals surface area contributed by atoms with Gasteiger partial charge in [0.15, 0.2) is 0 Å². The molecule has 17 heavy (non-hydrogen) atoms. The van der Waals surface area contributed by atoms with E-state index in [0.717, 1.165) is 24.4 Å². The highest BCUT2D eigenvalue weighted by Gasteiger charge is 2.20. The number of fused-ring (bicyclic) bond motifs is 1. The Morgan fingerprint density at radius 3 is 2.59 bits per heavy atom. The van der Waals surface area contributed by atoms with Gasteiger partial charge in [-0.25, -0.2) is 4.98 Å². The molecule has 0 saturated carbocycles. The molecule has 0 radical (unpaired) electrons. The summed E-state index contributed by atoms with van der Waals surface area (Å²) in [6.07, 6.45) is 0. The Morgan fingerprint density at radius 2 is 1.94 bits per heavy atom. The highest BCUT2D eigenvalue weighted by Crippen LogP contribution is 2.24. The minimum absolute atomic E-state index is 0.0564. The molecule has 0 aliphatic heterocycles. The fourth-order valence-electron chi connectivity index (χ4n) is 2.18. The summed E-state index contributed by atoms with van der Waals surface area (Å²) >= 11 is 0. The van der Waals surface area contributed by atoms with Crippen molar-refractivity contribution in [3.05, 3.63) is 30.1 Å². The van der Waals surface area contributed by atoms with Crippen molar-refractivity contribution in [2.75, 3.05) is 6.54 Å². The average molecular weight is 231 g/mol. The molecule has 3 nitrogen and oxygen atoms in total. The third-order valence-electron chi connectivity index (χ3n) is 2.83. The zero-order valence-electron chi connectivity index (χ0n) is 11.1. The van der Waals surface area contributed by atoms with Gasteiger partial charge in [-0.15, -0.1) is 0 Å². The average Bonchev–Trinajstić information content (AvgIpc) is 2.63. The van der Waals surface area contributed by atoms with Gasteiger partial charge in [0.25, 0.3) is 0 Å². The Balaban J connectivity index is 2.57. The van der Waals surface area contributed by atoms with Crippen LogP contribution in [0.2, 0.25) is 0 Å². The van der Waals surface area contributed by atoms with E-state index in [9.17, 15) is 0 Å². The Hall–Kier alpha value is -1.35. The molecular weight excluding hydrogens is 210 g/mol. The van der Waals surface area contributed by atoms with E-state index in [1.807, 2.05) is 6.07 Å². The molecule has 92 valence electrons. The van der Waals surface area contributed by atoms with E-state index in [4.69, 9.17) is 4.98 Å². The number of imidazole rings is 1. The highest BCUT2D eigenvalue weighted by molar-refractivity contribution is 5.76. The molecule has 1 N–H and O–H groups in total. The van der Waals surface area contributed by atoms with Crippen LogP contribution in [-0.4, -0.2) is 16.1 Å². The van der Waals surface area contributed by atoms with E-state index in [2.05, 4.69) is 55.8 Å². The van der Waals surface area contributed by atoms with Gasteiger partial charge in [-0.2, -0.15) is 0 Å². The third kappa shape index (κ3) is 2.34. The molecule has 0 bridgehead atoms. The second-order valence-corrected chi connectivity index (χ2v) is 5.30. The van der Waals surface area contributed by atoms with E-state index >= 15 is 0 Å². The number of nitrogens with zero attached hydrogens (tertiary/aromatic N) is 2. The van der Waals surface area contributed by atoms with Crippen molar-refractivity contribution >= 4 is 11.0 Å². The van der Waals surface area contributed by atoms with Crippen LogP contribution in [0.1, 0.15) is 33.5 Å². The summed E-state index contributed by atoms with van der Waals surface area (Å²) in [5.41, 5.74) is 2.35. The summed E-state index contributed by atoms with van der Waals surface area (Å²) in [5, 5.41) is 3.35. The Morgan fingerprint density at radius 1 is 1.24 bits per heavy atom. The van der Waals surface area contributed by atoms with Crippen LogP contribution < -0.4 is 5.32 Å². The van der Waals surface area contributed by atoms with Gasteiger partial charge in [-0.05, 0) is 39.4 Å². The van der Waals surface area contributed by atoms with Crippen molar-refractivity contribution in [3.63, 3.8) is 0 Å². The second kappa shape index (κ2) is 4.49. The molecule has 0 fully saturated rings. The predicted molar refractivity (Wildman–Crippen MR) is 72.1 cm³/mol. The summed E-state index contributed by atoms with van der Waals surface area (Å²) in [7, 11) is 0. The number of rotatable bonds is 3. The molecule has 0 aliphatic rings. The number of hydrogen-bond acceptors (Lipinski definition) is 2. The van der Waals surface area contributed by atoms with E-state index in [1.165, 1.54) is 5.52 Å². The van der Waals surface area contributed by atoms with Crippen molar-refractivity contribution < 1.29 is 0 Å². The molecule has 0 saturated heterocycles. The van der Waals surface area contributed by atoms with E-state index in [1.54, 1.807) is 0 Å². The molecule has 1 heterocycles. The first kappa shape index (κ1) is 12.1. The van der Waals surface area contributed by atoms with E-state index in [-0.39, 0.29) is 5.54 Å². The van der Waals surface area contributed by atoms with Crippen molar-refractivity contribution in [2.24, 2.45) is 0 Å². The van der Waals surface area contributed by atoms with E-state index < -0.39 is 0 Å². The van der Waals surface area contributed by atoms with Crippen LogP contribution in [0.25, 0.3) is 11.0 Å². The van der Waals surface area contributed by atoms with Crippen LogP contribution in [0.15, 0.2) is 24.3 Å². The van der Waals surface area contributed by atoms with Gasteiger partial charge >= 0.3 is 0 Å². The Bertz CT molecular complexity index is 506. The molecule has 2 rings (SSSR count). The molecule has 0 amide bonds. The number of benzene rings is 1. The maximum atomic E-state index is 4.72. The molecule has 0 spiro atoms. The molecule has 2 aromatic rings. The van der Waals surface area contributed by atoms with Crippen LogP contribution in [-0.2, 0) is 12.1 Å². The van der Waals surface area contributed by atoms with Gasteiger partial charge < -0.3 is 9.88 Å². The highest BCUT2D eigenvalue weighted by atomic mass is 15.1. The SMILES string of the molecule is CCNCc1nc2ccccc2n1C(C)(C)C. The van der Waals surface area contributed by atoms with Crippen molar-refractivity contribution in [1.82, 2.24) is 14.9 Å². The van der Waals surface area contributed by atoms with Crippen molar-refractivity contribution in [1.29, 1.82) is 0 Å². The number of nitrogens with one attached hydrogen (secondary N) is 1. The minimum atomic E-state index is 0.0564. The van der Waals surface area contributed by atoms with Gasteiger partial charge in [0.1, 0.15) is 5.82 Å². The van der Waals surface area contributed by atoms with Gasteiger partial charge in [0.2, 0.25) is 0 Å². The lowest BCUT2D eigenvalue weighted by molar-refractivity contribution is 0.389. The first-order chi connectivity index (χ1) is 8.04. The smallest absolute Gasteiger partial charge is 0.124 e. The van der Waals surface area contributed by atoms with Gasteiger partial charge in [0.05, 0.1) is 17.6 Å². The summed E-state index contributed by atoms with van der Waals surface area (Å²) in [5.74, 6) is 1.11. The quantitative estimate of drug-likeness (QED) is 0.880. The predicted octanol–water partition coefficient (Wildman–Crippen LogP) is 2.90. The lowest BCUT2D eigenvalue weighted by atomic mass is 10.1.